The van der Waals surface area contributed by atoms with Crippen molar-refractivity contribution in [2.24, 2.45) is 5.92 Å². The van der Waals surface area contributed by atoms with Crippen molar-refractivity contribution in [2.75, 3.05) is 72.5 Å². The lowest BCUT2D eigenvalue weighted by Gasteiger charge is -2.36. The van der Waals surface area contributed by atoms with Crippen LogP contribution in [0.4, 0.5) is 0 Å². The molecule has 5 nitrogen and oxygen atoms in total. The molecule has 0 bridgehead atoms. The summed E-state index contributed by atoms with van der Waals surface area (Å²) < 4.78 is 0. The first kappa shape index (κ1) is 16.7. The fraction of sp³-hybridized carbons (Fsp3) is 0.938. The number of carbonyl (C=O) groups excluding carboxylic acids is 1. The maximum atomic E-state index is 11.9. The third kappa shape index (κ3) is 5.24. The zero-order valence-electron chi connectivity index (χ0n) is 14.1. The van der Waals surface area contributed by atoms with Gasteiger partial charge in [-0.05, 0) is 26.6 Å². The van der Waals surface area contributed by atoms with Crippen LogP contribution < -0.4 is 0 Å². The highest BCUT2D eigenvalue weighted by Crippen LogP contribution is 2.08. The molecule has 0 saturated carbocycles. The molecule has 0 spiro atoms. The number of rotatable bonds is 5. The van der Waals surface area contributed by atoms with Crippen LogP contribution in [-0.4, -0.2) is 98.0 Å². The Morgan fingerprint density at radius 1 is 0.857 bits per heavy atom. The van der Waals surface area contributed by atoms with E-state index in [0.29, 0.717) is 5.91 Å². The molecule has 2 fully saturated rings. The van der Waals surface area contributed by atoms with Crippen molar-refractivity contribution in [2.45, 2.75) is 20.3 Å². The van der Waals surface area contributed by atoms with Gasteiger partial charge in [-0.1, -0.05) is 13.8 Å². The highest BCUT2D eigenvalue weighted by molar-refractivity contribution is 5.78. The summed E-state index contributed by atoms with van der Waals surface area (Å²) in [5, 5.41) is 0. The molecule has 0 unspecified atom stereocenters. The van der Waals surface area contributed by atoms with Gasteiger partial charge in [0.05, 0.1) is 0 Å². The van der Waals surface area contributed by atoms with Gasteiger partial charge in [0.1, 0.15) is 0 Å². The molecule has 2 rings (SSSR count). The van der Waals surface area contributed by atoms with Crippen LogP contribution in [0.5, 0.6) is 0 Å². The summed E-state index contributed by atoms with van der Waals surface area (Å²) in [4.78, 5) is 21.5. The van der Waals surface area contributed by atoms with E-state index in [1.807, 2.05) is 18.7 Å². The zero-order valence-corrected chi connectivity index (χ0v) is 14.1. The summed E-state index contributed by atoms with van der Waals surface area (Å²) in [6.45, 7) is 15.1. The van der Waals surface area contributed by atoms with Gasteiger partial charge in [-0.2, -0.15) is 0 Å². The molecule has 21 heavy (non-hydrogen) atoms. The smallest absolute Gasteiger partial charge is 0.225 e. The van der Waals surface area contributed by atoms with E-state index in [9.17, 15) is 4.79 Å². The van der Waals surface area contributed by atoms with Gasteiger partial charge in [0.2, 0.25) is 5.91 Å². The molecule has 2 aliphatic rings. The van der Waals surface area contributed by atoms with Crippen LogP contribution in [0.1, 0.15) is 20.3 Å². The minimum absolute atomic E-state index is 0.133. The summed E-state index contributed by atoms with van der Waals surface area (Å²) in [6.07, 6.45) is 1.25. The van der Waals surface area contributed by atoms with Gasteiger partial charge in [0, 0.05) is 58.3 Å². The van der Waals surface area contributed by atoms with Gasteiger partial charge in [0.25, 0.3) is 0 Å². The summed E-state index contributed by atoms with van der Waals surface area (Å²) in [6, 6.07) is 0. The number of nitrogens with zero attached hydrogens (tertiary/aromatic N) is 4. The third-order valence-electron chi connectivity index (χ3n) is 4.72. The molecule has 2 saturated heterocycles. The first-order valence-electron chi connectivity index (χ1n) is 8.48. The molecule has 5 heteroatoms. The van der Waals surface area contributed by atoms with Crippen LogP contribution in [0.25, 0.3) is 0 Å². The Kier molecular flexibility index (Phi) is 6.45. The highest BCUT2D eigenvalue weighted by Gasteiger charge is 2.22. The minimum Gasteiger partial charge on any atom is -0.340 e. The van der Waals surface area contributed by atoms with E-state index in [1.165, 1.54) is 45.7 Å². The minimum atomic E-state index is 0.133. The number of carbonyl (C=O) groups is 1. The van der Waals surface area contributed by atoms with Crippen LogP contribution in [0.2, 0.25) is 0 Å². The number of likely N-dealkylation sites (N-methyl/N-ethyl adjacent to an activating group) is 1. The average molecular weight is 296 g/mol. The molecule has 0 N–H and O–H groups in total. The van der Waals surface area contributed by atoms with E-state index < -0.39 is 0 Å². The molecule has 2 aliphatic heterocycles. The molecule has 2 heterocycles. The highest BCUT2D eigenvalue weighted by atomic mass is 16.2. The number of hydrogen-bond acceptors (Lipinski definition) is 4. The van der Waals surface area contributed by atoms with E-state index in [2.05, 4.69) is 21.7 Å². The standard InChI is InChI=1S/C16H32N4O/c1-15(2)16(21)20-13-11-19(12-14-20)6-4-5-18-9-7-17(3)8-10-18/h15H,4-14H2,1-3H3. The SMILES string of the molecule is CC(C)C(=O)N1CCN(CCCN2CCN(C)CC2)CC1. The van der Waals surface area contributed by atoms with E-state index in [4.69, 9.17) is 0 Å². The first-order valence-corrected chi connectivity index (χ1v) is 8.48. The van der Waals surface area contributed by atoms with Crippen LogP contribution in [-0.2, 0) is 4.79 Å². The van der Waals surface area contributed by atoms with Crippen molar-refractivity contribution >= 4 is 5.91 Å². The lowest BCUT2D eigenvalue weighted by atomic mass is 10.1. The normalized spacial score (nSPS) is 23.0. The van der Waals surface area contributed by atoms with E-state index in [-0.39, 0.29) is 5.92 Å². The molecular formula is C16H32N4O. The van der Waals surface area contributed by atoms with Gasteiger partial charge in [-0.25, -0.2) is 0 Å². The molecule has 122 valence electrons. The molecule has 0 atom stereocenters. The topological polar surface area (TPSA) is 30.0 Å². The average Bonchev–Trinajstić information content (AvgIpc) is 2.49. The van der Waals surface area contributed by atoms with Crippen molar-refractivity contribution in [3.8, 4) is 0 Å². The van der Waals surface area contributed by atoms with Gasteiger partial charge < -0.3 is 14.7 Å². The Hall–Kier alpha value is -0.650. The Morgan fingerprint density at radius 2 is 1.33 bits per heavy atom. The number of piperazine rings is 2. The molecule has 0 aliphatic carbocycles. The fourth-order valence-corrected chi connectivity index (χ4v) is 3.15. The van der Waals surface area contributed by atoms with Crippen molar-refractivity contribution in [3.63, 3.8) is 0 Å². The molecule has 0 radical (unpaired) electrons. The van der Waals surface area contributed by atoms with Gasteiger partial charge in [0.15, 0.2) is 0 Å². The zero-order chi connectivity index (χ0) is 15.2. The lowest BCUT2D eigenvalue weighted by molar-refractivity contribution is -0.136. The summed E-state index contributed by atoms with van der Waals surface area (Å²) in [5.74, 6) is 0.445. The quantitative estimate of drug-likeness (QED) is 0.736. The first-order chi connectivity index (χ1) is 10.1. The monoisotopic (exact) mass is 296 g/mol. The van der Waals surface area contributed by atoms with Gasteiger partial charge in [-0.3, -0.25) is 9.69 Å². The van der Waals surface area contributed by atoms with Crippen molar-refractivity contribution in [1.82, 2.24) is 19.6 Å². The Bertz CT molecular complexity index is 318. The predicted molar refractivity (Wildman–Crippen MR) is 86.4 cm³/mol. The lowest BCUT2D eigenvalue weighted by Crippen LogP contribution is -2.50. The van der Waals surface area contributed by atoms with E-state index in [1.54, 1.807) is 0 Å². The molecule has 1 amide bonds. The fourth-order valence-electron chi connectivity index (χ4n) is 3.15. The summed E-state index contributed by atoms with van der Waals surface area (Å²) in [5.41, 5.74) is 0. The second-order valence-corrected chi connectivity index (χ2v) is 6.82. The van der Waals surface area contributed by atoms with Crippen LogP contribution >= 0.6 is 0 Å². The molecule has 0 aromatic rings. The molecular weight excluding hydrogens is 264 g/mol. The van der Waals surface area contributed by atoms with Crippen LogP contribution in [0.15, 0.2) is 0 Å². The number of hydrogen-bond donors (Lipinski definition) is 0. The van der Waals surface area contributed by atoms with E-state index >= 15 is 0 Å². The maximum absolute atomic E-state index is 11.9. The van der Waals surface area contributed by atoms with Crippen molar-refractivity contribution in [3.05, 3.63) is 0 Å². The predicted octanol–water partition coefficient (Wildman–Crippen LogP) is 0.424. The van der Waals surface area contributed by atoms with Crippen molar-refractivity contribution < 1.29 is 4.79 Å². The molecule has 0 aromatic heterocycles. The largest absolute Gasteiger partial charge is 0.340 e. The number of amides is 1. The summed E-state index contributed by atoms with van der Waals surface area (Å²) in [7, 11) is 2.20. The van der Waals surface area contributed by atoms with Crippen LogP contribution in [0.3, 0.4) is 0 Å². The Morgan fingerprint density at radius 3 is 1.81 bits per heavy atom. The van der Waals surface area contributed by atoms with Crippen molar-refractivity contribution in [1.29, 1.82) is 0 Å². The second-order valence-electron chi connectivity index (χ2n) is 6.82. The van der Waals surface area contributed by atoms with Gasteiger partial charge >= 0.3 is 0 Å². The Balaban J connectivity index is 1.58. The third-order valence-corrected chi connectivity index (χ3v) is 4.72. The Labute approximate surface area is 129 Å². The van der Waals surface area contributed by atoms with Crippen LogP contribution in [0, 0.1) is 5.92 Å². The summed E-state index contributed by atoms with van der Waals surface area (Å²) >= 11 is 0. The maximum Gasteiger partial charge on any atom is 0.225 e. The second kappa shape index (κ2) is 8.11. The van der Waals surface area contributed by atoms with Gasteiger partial charge in [-0.15, -0.1) is 0 Å². The van der Waals surface area contributed by atoms with E-state index in [0.717, 1.165) is 26.2 Å². The molecule has 0 aromatic carbocycles.